The Balaban J connectivity index is 1.78. The molecule has 4 rings (SSSR count). The van der Waals surface area contributed by atoms with Crippen LogP contribution in [0, 0.1) is 0 Å². The van der Waals surface area contributed by atoms with Crippen molar-refractivity contribution in [3.05, 3.63) is 35.6 Å². The minimum Gasteiger partial charge on any atom is -0.395 e. The van der Waals surface area contributed by atoms with E-state index in [4.69, 9.17) is 21.6 Å². The molecule has 2 heterocycles. The Bertz CT molecular complexity index is 969. The van der Waals surface area contributed by atoms with E-state index in [9.17, 15) is 5.11 Å². The monoisotopic (exact) mass is 414 g/mol. The fraction of sp³-hybridized carbons (Fsp3) is 0.476. The predicted octanol–water partition coefficient (Wildman–Crippen LogP) is 4.37. The second-order valence-corrected chi connectivity index (χ2v) is 7.86. The van der Waals surface area contributed by atoms with Crippen molar-refractivity contribution in [1.82, 2.24) is 19.5 Å². The first kappa shape index (κ1) is 19.9. The number of rotatable bonds is 7. The van der Waals surface area contributed by atoms with Crippen LogP contribution in [0.1, 0.15) is 39.0 Å². The molecule has 2 N–H and O–H groups in total. The zero-order valence-electron chi connectivity index (χ0n) is 16.7. The molecule has 2 aromatic heterocycles. The van der Waals surface area contributed by atoms with Crippen LogP contribution in [-0.4, -0.2) is 43.8 Å². The molecule has 3 aromatic rings. The van der Waals surface area contributed by atoms with Crippen LogP contribution < -0.4 is 10.2 Å². The highest BCUT2D eigenvalue weighted by Gasteiger charge is 2.25. The number of halogens is 1. The molecule has 7 nitrogen and oxygen atoms in total. The number of hydrogen-bond acceptors (Lipinski definition) is 6. The number of anilines is 3. The Morgan fingerprint density at radius 1 is 1.24 bits per heavy atom. The molecular weight excluding hydrogens is 388 g/mol. The van der Waals surface area contributed by atoms with Gasteiger partial charge in [-0.05, 0) is 38.0 Å². The number of aliphatic hydroxyl groups is 1. The first-order valence-corrected chi connectivity index (χ1v) is 10.7. The molecule has 0 aliphatic heterocycles. The fourth-order valence-corrected chi connectivity index (χ4v) is 4.22. The van der Waals surface area contributed by atoms with Gasteiger partial charge in [0.05, 0.1) is 12.9 Å². The third kappa shape index (κ3) is 4.31. The summed E-state index contributed by atoms with van der Waals surface area (Å²) in [7, 11) is 0. The number of hydrogen-bond donors (Lipinski definition) is 2. The van der Waals surface area contributed by atoms with Gasteiger partial charge in [0.25, 0.3) is 0 Å². The average molecular weight is 415 g/mol. The van der Waals surface area contributed by atoms with E-state index in [1.807, 2.05) is 28.8 Å². The molecule has 0 radical (unpaired) electrons. The molecule has 29 heavy (non-hydrogen) atoms. The van der Waals surface area contributed by atoms with Gasteiger partial charge in [0.1, 0.15) is 0 Å². The van der Waals surface area contributed by atoms with Gasteiger partial charge in [0.15, 0.2) is 17.0 Å². The molecule has 0 spiro atoms. The lowest BCUT2D eigenvalue weighted by molar-refractivity contribution is 0.289. The number of fused-ring (bicyclic) bond motifs is 1. The van der Waals surface area contributed by atoms with Crippen LogP contribution in [0.5, 0.6) is 0 Å². The Labute approximate surface area is 175 Å². The molecule has 1 aromatic carbocycles. The molecule has 0 unspecified atom stereocenters. The Hall–Kier alpha value is -2.38. The molecule has 8 heteroatoms. The maximum absolute atomic E-state index is 9.69. The Morgan fingerprint density at radius 2 is 2.07 bits per heavy atom. The Morgan fingerprint density at radius 3 is 2.79 bits per heavy atom. The van der Waals surface area contributed by atoms with Gasteiger partial charge in [-0.15, -0.1) is 0 Å². The van der Waals surface area contributed by atoms with Gasteiger partial charge >= 0.3 is 0 Å². The standard InChI is InChI=1S/C21H27ClN6O/c1-2-27-14-23-18-19(24-16-8-6-7-15(22)13-16)25-21(26-20(18)27)28(11-12-29)17-9-4-3-5-10-17/h6-8,13-14,17,29H,2-5,9-12H2,1H3,(H,24,25,26). The number of aromatic nitrogens is 4. The summed E-state index contributed by atoms with van der Waals surface area (Å²) in [4.78, 5) is 16.4. The molecule has 154 valence electrons. The number of aliphatic hydroxyl groups excluding tert-OH is 1. The highest BCUT2D eigenvalue weighted by Crippen LogP contribution is 2.30. The largest absolute Gasteiger partial charge is 0.395 e. The number of nitrogens with zero attached hydrogens (tertiary/aromatic N) is 5. The van der Waals surface area contributed by atoms with Crippen molar-refractivity contribution in [2.24, 2.45) is 0 Å². The molecule has 1 saturated carbocycles. The molecule has 0 atom stereocenters. The minimum atomic E-state index is 0.0714. The summed E-state index contributed by atoms with van der Waals surface area (Å²) in [6, 6.07) is 7.90. The van der Waals surface area contributed by atoms with Gasteiger partial charge < -0.3 is 19.9 Å². The SMILES string of the molecule is CCn1cnc2c(Nc3cccc(Cl)c3)nc(N(CCO)C3CCCCC3)nc21. The minimum absolute atomic E-state index is 0.0714. The van der Waals surface area contributed by atoms with Crippen molar-refractivity contribution in [1.29, 1.82) is 0 Å². The molecular formula is C21H27ClN6O. The van der Waals surface area contributed by atoms with Gasteiger partial charge in [-0.3, -0.25) is 0 Å². The van der Waals surface area contributed by atoms with Gasteiger partial charge in [-0.25, -0.2) is 4.98 Å². The second kappa shape index (κ2) is 8.97. The second-order valence-electron chi connectivity index (χ2n) is 7.42. The Kier molecular flexibility index (Phi) is 6.16. The molecule has 0 saturated heterocycles. The third-order valence-corrected chi connectivity index (χ3v) is 5.73. The van der Waals surface area contributed by atoms with Crippen molar-refractivity contribution >= 4 is 40.2 Å². The molecule has 1 aliphatic carbocycles. The first-order valence-electron chi connectivity index (χ1n) is 10.3. The van der Waals surface area contributed by atoms with Crippen LogP contribution in [0.4, 0.5) is 17.5 Å². The van der Waals surface area contributed by atoms with Crippen molar-refractivity contribution in [2.75, 3.05) is 23.4 Å². The topological polar surface area (TPSA) is 79.1 Å². The zero-order valence-corrected chi connectivity index (χ0v) is 17.4. The summed E-state index contributed by atoms with van der Waals surface area (Å²) in [6.45, 7) is 3.43. The van der Waals surface area contributed by atoms with Crippen LogP contribution in [0.3, 0.4) is 0 Å². The van der Waals surface area contributed by atoms with Crippen molar-refractivity contribution in [3.63, 3.8) is 0 Å². The lowest BCUT2D eigenvalue weighted by Gasteiger charge is -2.34. The van der Waals surface area contributed by atoms with Gasteiger partial charge in [-0.1, -0.05) is 36.9 Å². The van der Waals surface area contributed by atoms with E-state index in [-0.39, 0.29) is 6.61 Å². The summed E-state index contributed by atoms with van der Waals surface area (Å²) in [5.74, 6) is 1.29. The molecule has 0 bridgehead atoms. The molecule has 1 fully saturated rings. The third-order valence-electron chi connectivity index (χ3n) is 5.49. The number of aryl methyl sites for hydroxylation is 1. The number of nitrogens with one attached hydrogen (secondary N) is 1. The van der Waals surface area contributed by atoms with Gasteiger partial charge in [-0.2, -0.15) is 9.97 Å². The highest BCUT2D eigenvalue weighted by atomic mass is 35.5. The number of benzene rings is 1. The van der Waals surface area contributed by atoms with Crippen LogP contribution in [0.15, 0.2) is 30.6 Å². The molecule has 0 amide bonds. The highest BCUT2D eigenvalue weighted by molar-refractivity contribution is 6.30. The van der Waals surface area contributed by atoms with Crippen molar-refractivity contribution in [2.45, 2.75) is 51.6 Å². The van der Waals surface area contributed by atoms with Crippen LogP contribution >= 0.6 is 11.6 Å². The fourth-order valence-electron chi connectivity index (χ4n) is 4.03. The van der Waals surface area contributed by atoms with Crippen LogP contribution in [0.25, 0.3) is 11.2 Å². The average Bonchev–Trinajstić information content (AvgIpc) is 3.16. The predicted molar refractivity (Wildman–Crippen MR) is 117 cm³/mol. The van der Waals surface area contributed by atoms with Crippen LogP contribution in [0.2, 0.25) is 5.02 Å². The van der Waals surface area contributed by atoms with Gasteiger partial charge in [0.2, 0.25) is 5.95 Å². The summed E-state index contributed by atoms with van der Waals surface area (Å²) in [6.07, 6.45) is 7.68. The number of imidazole rings is 1. The van der Waals surface area contributed by atoms with Crippen molar-refractivity contribution in [3.8, 4) is 0 Å². The van der Waals surface area contributed by atoms with Crippen LogP contribution in [-0.2, 0) is 6.54 Å². The van der Waals surface area contributed by atoms with Crippen molar-refractivity contribution < 1.29 is 5.11 Å². The smallest absolute Gasteiger partial charge is 0.229 e. The normalized spacial score (nSPS) is 15.0. The van der Waals surface area contributed by atoms with E-state index >= 15 is 0 Å². The quantitative estimate of drug-likeness (QED) is 0.597. The van der Waals surface area contributed by atoms with E-state index in [1.165, 1.54) is 19.3 Å². The van der Waals surface area contributed by atoms with E-state index in [0.717, 1.165) is 36.2 Å². The summed E-state index contributed by atoms with van der Waals surface area (Å²) in [5, 5.41) is 13.7. The zero-order chi connectivity index (χ0) is 20.2. The first-order chi connectivity index (χ1) is 14.2. The van der Waals surface area contributed by atoms with Gasteiger partial charge in [0, 0.05) is 29.8 Å². The van der Waals surface area contributed by atoms with E-state index in [1.54, 1.807) is 6.33 Å². The van der Waals surface area contributed by atoms with E-state index in [0.29, 0.717) is 29.4 Å². The van der Waals surface area contributed by atoms with E-state index < -0.39 is 0 Å². The lowest BCUT2D eigenvalue weighted by atomic mass is 9.94. The lowest BCUT2D eigenvalue weighted by Crippen LogP contribution is -2.40. The summed E-state index contributed by atoms with van der Waals surface area (Å²) < 4.78 is 2.02. The maximum atomic E-state index is 9.69. The molecule has 1 aliphatic rings. The van der Waals surface area contributed by atoms with E-state index in [2.05, 4.69) is 22.1 Å². The summed E-state index contributed by atoms with van der Waals surface area (Å²) in [5.41, 5.74) is 2.37. The summed E-state index contributed by atoms with van der Waals surface area (Å²) >= 11 is 6.15. The maximum Gasteiger partial charge on any atom is 0.229 e.